The van der Waals surface area contributed by atoms with Crippen LogP contribution < -0.4 is 0 Å². The zero-order valence-electron chi connectivity index (χ0n) is 20.5. The highest BCUT2D eigenvalue weighted by Crippen LogP contribution is 2.52. The lowest BCUT2D eigenvalue weighted by molar-refractivity contribution is -0.167. The number of benzene rings is 1. The van der Waals surface area contributed by atoms with Crippen LogP contribution in [-0.4, -0.2) is 44.9 Å². The third kappa shape index (κ3) is 6.69. The van der Waals surface area contributed by atoms with Crippen LogP contribution in [0.1, 0.15) is 93.3 Å². The number of cyclic esters (lactones) is 1. The molecule has 1 saturated heterocycles. The van der Waals surface area contributed by atoms with Crippen LogP contribution in [0.25, 0.3) is 0 Å². The second-order valence-corrected chi connectivity index (χ2v) is 11.6. The maximum Gasteiger partial charge on any atom is 0.342 e. The Morgan fingerprint density at radius 2 is 2.06 bits per heavy atom. The average molecular weight is 503 g/mol. The van der Waals surface area contributed by atoms with Crippen LogP contribution in [0.15, 0.2) is 36.4 Å². The molecule has 7 atom stereocenters. The minimum absolute atomic E-state index is 0.130. The SMILES string of the molecule is CCCCC[C@H](O)/C=C/[C@@H]1[C@H]2CC(CCCCC(=O)OC3OC(=O)c4ccccc43)S[C@H]2C[C@H]1O. The number of esters is 2. The van der Waals surface area contributed by atoms with Gasteiger partial charge in [0.2, 0.25) is 0 Å². The number of fused-ring (bicyclic) bond motifs is 2. The zero-order valence-corrected chi connectivity index (χ0v) is 21.3. The first-order valence-corrected chi connectivity index (χ1v) is 14.1. The average Bonchev–Trinajstić information content (AvgIpc) is 3.46. The number of aliphatic hydroxyl groups excluding tert-OH is 2. The molecule has 2 N–H and O–H groups in total. The van der Waals surface area contributed by atoms with Crippen LogP contribution in [0.2, 0.25) is 0 Å². The molecule has 1 aliphatic carbocycles. The summed E-state index contributed by atoms with van der Waals surface area (Å²) in [5.41, 5.74) is 1.07. The van der Waals surface area contributed by atoms with E-state index in [0.29, 0.717) is 34.0 Å². The molecule has 192 valence electrons. The molecule has 1 aromatic rings. The van der Waals surface area contributed by atoms with E-state index in [0.717, 1.165) is 57.8 Å². The summed E-state index contributed by atoms with van der Waals surface area (Å²) in [5, 5.41) is 21.8. The van der Waals surface area contributed by atoms with E-state index in [-0.39, 0.29) is 18.0 Å². The normalized spacial score (nSPS) is 30.3. The van der Waals surface area contributed by atoms with Gasteiger partial charge in [-0.25, -0.2) is 4.79 Å². The number of aliphatic hydroxyl groups is 2. The van der Waals surface area contributed by atoms with Crippen LogP contribution in [0.4, 0.5) is 0 Å². The third-order valence-electron chi connectivity index (χ3n) is 7.50. The number of ether oxygens (including phenoxy) is 2. The lowest BCUT2D eigenvalue weighted by atomic mass is 9.89. The van der Waals surface area contributed by atoms with Crippen molar-refractivity contribution in [2.75, 3.05) is 0 Å². The van der Waals surface area contributed by atoms with E-state index in [2.05, 4.69) is 13.0 Å². The molecular weight excluding hydrogens is 464 g/mol. The molecule has 6 nitrogen and oxygen atoms in total. The van der Waals surface area contributed by atoms with Crippen molar-refractivity contribution in [1.29, 1.82) is 0 Å². The molecule has 3 aliphatic rings. The van der Waals surface area contributed by atoms with Crippen LogP contribution in [0, 0.1) is 11.8 Å². The van der Waals surface area contributed by atoms with Gasteiger partial charge < -0.3 is 19.7 Å². The molecule has 1 aromatic carbocycles. The summed E-state index contributed by atoms with van der Waals surface area (Å²) in [7, 11) is 0. The summed E-state index contributed by atoms with van der Waals surface area (Å²) in [4.78, 5) is 24.2. The minimum Gasteiger partial charge on any atom is -0.421 e. The lowest BCUT2D eigenvalue weighted by Gasteiger charge is -2.18. The molecule has 0 bridgehead atoms. The molecule has 1 saturated carbocycles. The van der Waals surface area contributed by atoms with Gasteiger partial charge in [-0.2, -0.15) is 11.8 Å². The van der Waals surface area contributed by atoms with Gasteiger partial charge in [0.15, 0.2) is 0 Å². The Hall–Kier alpha value is -1.83. The summed E-state index contributed by atoms with van der Waals surface area (Å²) in [6, 6.07) is 6.98. The zero-order chi connectivity index (χ0) is 24.8. The van der Waals surface area contributed by atoms with Crippen molar-refractivity contribution in [1.82, 2.24) is 0 Å². The first kappa shape index (κ1) is 26.2. The van der Waals surface area contributed by atoms with Crippen molar-refractivity contribution in [3.05, 3.63) is 47.5 Å². The Balaban J connectivity index is 1.16. The van der Waals surface area contributed by atoms with Crippen molar-refractivity contribution in [2.45, 2.75) is 100 Å². The molecule has 35 heavy (non-hydrogen) atoms. The number of rotatable bonds is 12. The summed E-state index contributed by atoms with van der Waals surface area (Å²) < 4.78 is 10.6. The van der Waals surface area contributed by atoms with Gasteiger partial charge in [-0.05, 0) is 44.1 Å². The molecule has 2 fully saturated rings. The maximum absolute atomic E-state index is 12.3. The van der Waals surface area contributed by atoms with Crippen molar-refractivity contribution in [3.8, 4) is 0 Å². The number of carbonyl (C=O) groups is 2. The summed E-state index contributed by atoms with van der Waals surface area (Å²) in [6.07, 6.45) is 11.3. The highest BCUT2D eigenvalue weighted by Gasteiger charge is 2.47. The first-order chi connectivity index (χ1) is 17.0. The van der Waals surface area contributed by atoms with E-state index in [1.807, 2.05) is 17.8 Å². The fraction of sp³-hybridized carbons (Fsp3) is 0.643. The molecular formula is C28H38O6S. The summed E-state index contributed by atoms with van der Waals surface area (Å²) in [6.45, 7) is 2.16. The Morgan fingerprint density at radius 1 is 1.23 bits per heavy atom. The van der Waals surface area contributed by atoms with Gasteiger partial charge in [0.05, 0.1) is 17.8 Å². The van der Waals surface area contributed by atoms with E-state index < -0.39 is 18.4 Å². The van der Waals surface area contributed by atoms with E-state index in [1.165, 1.54) is 0 Å². The van der Waals surface area contributed by atoms with Gasteiger partial charge in [-0.15, -0.1) is 0 Å². The fourth-order valence-electron chi connectivity index (χ4n) is 5.61. The Labute approximate surface area is 212 Å². The number of unbranched alkanes of at least 4 members (excludes halogenated alkanes) is 3. The predicted molar refractivity (Wildman–Crippen MR) is 136 cm³/mol. The molecule has 0 spiro atoms. The molecule has 0 amide bonds. The van der Waals surface area contributed by atoms with Gasteiger partial charge in [-0.3, -0.25) is 4.79 Å². The Bertz CT molecular complexity index is 901. The van der Waals surface area contributed by atoms with Gasteiger partial charge in [0.25, 0.3) is 6.29 Å². The second-order valence-electron chi connectivity index (χ2n) is 10.1. The van der Waals surface area contributed by atoms with Crippen LogP contribution in [0.5, 0.6) is 0 Å². The molecule has 7 heteroatoms. The monoisotopic (exact) mass is 502 g/mol. The number of thioether (sulfide) groups is 1. The molecule has 0 radical (unpaired) electrons. The van der Waals surface area contributed by atoms with Crippen molar-refractivity contribution < 1.29 is 29.3 Å². The van der Waals surface area contributed by atoms with E-state index in [4.69, 9.17) is 9.47 Å². The summed E-state index contributed by atoms with van der Waals surface area (Å²) in [5.74, 6) is -0.209. The third-order valence-corrected chi connectivity index (χ3v) is 9.20. The Kier molecular flexibility index (Phi) is 9.31. The predicted octanol–water partition coefficient (Wildman–Crippen LogP) is 5.33. The number of hydrogen-bond donors (Lipinski definition) is 2. The highest BCUT2D eigenvalue weighted by atomic mass is 32.2. The van der Waals surface area contributed by atoms with E-state index in [1.54, 1.807) is 24.3 Å². The molecule has 2 unspecified atom stereocenters. The van der Waals surface area contributed by atoms with Crippen LogP contribution in [-0.2, 0) is 14.3 Å². The largest absolute Gasteiger partial charge is 0.421 e. The Morgan fingerprint density at radius 3 is 2.89 bits per heavy atom. The van der Waals surface area contributed by atoms with Gasteiger partial charge in [0.1, 0.15) is 0 Å². The fourth-order valence-corrected chi connectivity index (χ4v) is 7.54. The molecule has 2 heterocycles. The first-order valence-electron chi connectivity index (χ1n) is 13.2. The molecule has 0 aromatic heterocycles. The lowest BCUT2D eigenvalue weighted by Crippen LogP contribution is -2.19. The molecule has 4 rings (SSSR count). The number of hydrogen-bond acceptors (Lipinski definition) is 7. The van der Waals surface area contributed by atoms with Gasteiger partial charge >= 0.3 is 11.9 Å². The standard InChI is InChI=1S/C28H38O6S/c1-2-3-4-9-18(29)14-15-20-23-16-19(35-25(23)17-24(20)30)10-5-8-13-26(31)33-28-22-12-7-6-11-21(22)27(32)34-28/h6-7,11-12,14-15,18-20,23-25,28-30H,2-5,8-10,13,16-17H2,1H3/b15-14+/t18-,19?,20+,23+,24+,25-,28?/m0/s1. The van der Waals surface area contributed by atoms with E-state index >= 15 is 0 Å². The second kappa shape index (κ2) is 12.4. The smallest absolute Gasteiger partial charge is 0.342 e. The van der Waals surface area contributed by atoms with Crippen LogP contribution in [0.3, 0.4) is 0 Å². The van der Waals surface area contributed by atoms with Crippen molar-refractivity contribution in [2.24, 2.45) is 11.8 Å². The summed E-state index contributed by atoms with van der Waals surface area (Å²) >= 11 is 1.99. The number of carbonyl (C=O) groups excluding carboxylic acids is 2. The van der Waals surface area contributed by atoms with Gasteiger partial charge in [0, 0.05) is 28.4 Å². The minimum atomic E-state index is -0.933. The van der Waals surface area contributed by atoms with Crippen molar-refractivity contribution >= 4 is 23.7 Å². The topological polar surface area (TPSA) is 93.1 Å². The maximum atomic E-state index is 12.3. The molecule has 2 aliphatic heterocycles. The van der Waals surface area contributed by atoms with E-state index in [9.17, 15) is 19.8 Å². The van der Waals surface area contributed by atoms with Gasteiger partial charge in [-0.1, -0.05) is 63.0 Å². The van der Waals surface area contributed by atoms with Crippen molar-refractivity contribution in [3.63, 3.8) is 0 Å². The van der Waals surface area contributed by atoms with Crippen LogP contribution >= 0.6 is 11.8 Å². The highest BCUT2D eigenvalue weighted by molar-refractivity contribution is 8.00. The quantitative estimate of drug-likeness (QED) is 0.227.